The van der Waals surface area contributed by atoms with Crippen LogP contribution in [0.2, 0.25) is 0 Å². The number of allylic oxidation sites excluding steroid dienone is 1. The van der Waals surface area contributed by atoms with Crippen LogP contribution >= 0.6 is 11.8 Å². The van der Waals surface area contributed by atoms with E-state index in [9.17, 15) is 9.59 Å². The van der Waals surface area contributed by atoms with E-state index in [4.69, 9.17) is 0 Å². The van der Waals surface area contributed by atoms with E-state index in [2.05, 4.69) is 16.8 Å². The Bertz CT molecular complexity index is 1060. The molecule has 0 bridgehead atoms. The van der Waals surface area contributed by atoms with Gasteiger partial charge in [-0.25, -0.2) is 0 Å². The lowest BCUT2D eigenvalue weighted by molar-refractivity contribution is -0.117. The van der Waals surface area contributed by atoms with Crippen molar-refractivity contribution in [3.8, 4) is 11.4 Å². The van der Waals surface area contributed by atoms with Crippen molar-refractivity contribution in [3.05, 3.63) is 72.8 Å². The molecule has 0 spiro atoms. The van der Waals surface area contributed by atoms with Crippen molar-refractivity contribution in [1.29, 1.82) is 0 Å². The Morgan fingerprint density at radius 1 is 1.10 bits per heavy atom. The number of carbonyl (C=O) groups is 2. The maximum atomic E-state index is 12.7. The fourth-order valence-electron chi connectivity index (χ4n) is 3.45. The van der Waals surface area contributed by atoms with E-state index >= 15 is 0 Å². The van der Waals surface area contributed by atoms with Crippen molar-refractivity contribution in [3.63, 3.8) is 0 Å². The molecule has 30 heavy (non-hydrogen) atoms. The molecule has 0 saturated carbocycles. The van der Waals surface area contributed by atoms with Gasteiger partial charge in [0.1, 0.15) is 0 Å². The summed E-state index contributed by atoms with van der Waals surface area (Å²) < 4.78 is 1.96. The van der Waals surface area contributed by atoms with Gasteiger partial charge in [0.05, 0.1) is 5.75 Å². The Hall–Kier alpha value is -3.19. The van der Waals surface area contributed by atoms with Crippen molar-refractivity contribution in [1.82, 2.24) is 14.8 Å². The number of anilines is 1. The van der Waals surface area contributed by atoms with Gasteiger partial charge in [0.2, 0.25) is 5.91 Å². The van der Waals surface area contributed by atoms with Crippen molar-refractivity contribution >= 4 is 29.1 Å². The third-order valence-corrected chi connectivity index (χ3v) is 5.93. The molecule has 2 heterocycles. The number of aromatic nitrogens is 3. The van der Waals surface area contributed by atoms with E-state index < -0.39 is 0 Å². The van der Waals surface area contributed by atoms with Crippen LogP contribution in [-0.2, 0) is 11.3 Å². The summed E-state index contributed by atoms with van der Waals surface area (Å²) >= 11 is 1.36. The topological polar surface area (TPSA) is 68.1 Å². The second-order valence-electron chi connectivity index (χ2n) is 6.98. The predicted molar refractivity (Wildman–Crippen MR) is 119 cm³/mol. The van der Waals surface area contributed by atoms with Crippen LogP contribution in [0.3, 0.4) is 0 Å². The molecule has 7 heteroatoms. The van der Waals surface area contributed by atoms with Crippen LogP contribution in [0, 0.1) is 0 Å². The van der Waals surface area contributed by atoms with Crippen molar-refractivity contribution in [2.24, 2.45) is 0 Å². The molecule has 0 aliphatic carbocycles. The van der Waals surface area contributed by atoms with E-state index in [-0.39, 0.29) is 17.4 Å². The smallest absolute Gasteiger partial charge is 0.227 e. The van der Waals surface area contributed by atoms with Crippen LogP contribution in [0.4, 0.5) is 5.69 Å². The van der Waals surface area contributed by atoms with E-state index in [1.807, 2.05) is 47.0 Å². The normalized spacial score (nSPS) is 13.6. The molecule has 0 N–H and O–H groups in total. The highest BCUT2D eigenvalue weighted by atomic mass is 32.2. The summed E-state index contributed by atoms with van der Waals surface area (Å²) in [6, 6.07) is 17.1. The molecule has 6 nitrogen and oxygen atoms in total. The molecule has 0 unspecified atom stereocenters. The third-order valence-electron chi connectivity index (χ3n) is 4.97. The van der Waals surface area contributed by atoms with E-state index in [1.54, 1.807) is 23.1 Å². The number of nitrogens with zero attached hydrogens (tertiary/aromatic N) is 4. The lowest BCUT2D eigenvalue weighted by Gasteiger charge is -2.15. The minimum absolute atomic E-state index is 0.00807. The zero-order valence-electron chi connectivity index (χ0n) is 16.5. The average molecular weight is 419 g/mol. The number of hydrogen-bond acceptors (Lipinski definition) is 5. The van der Waals surface area contributed by atoms with Gasteiger partial charge < -0.3 is 4.90 Å². The number of ketones is 1. The van der Waals surface area contributed by atoms with Gasteiger partial charge in [-0.1, -0.05) is 48.2 Å². The first-order valence-corrected chi connectivity index (χ1v) is 10.8. The van der Waals surface area contributed by atoms with E-state index in [0.29, 0.717) is 23.7 Å². The van der Waals surface area contributed by atoms with Gasteiger partial charge >= 0.3 is 0 Å². The zero-order valence-corrected chi connectivity index (χ0v) is 17.3. The Morgan fingerprint density at radius 3 is 2.53 bits per heavy atom. The van der Waals surface area contributed by atoms with Crippen molar-refractivity contribution < 1.29 is 9.59 Å². The lowest BCUT2D eigenvalue weighted by atomic mass is 10.1. The molecule has 3 aromatic rings. The summed E-state index contributed by atoms with van der Waals surface area (Å²) in [5.41, 5.74) is 2.44. The highest BCUT2D eigenvalue weighted by Crippen LogP contribution is 2.26. The Labute approximate surface area is 179 Å². The second kappa shape index (κ2) is 9.09. The van der Waals surface area contributed by atoms with Gasteiger partial charge in [-0.2, -0.15) is 0 Å². The van der Waals surface area contributed by atoms with Gasteiger partial charge in [-0.3, -0.25) is 14.2 Å². The number of Topliss-reactive ketones (excluding diaryl/α,β-unsaturated/α-hetero) is 1. The van der Waals surface area contributed by atoms with Crippen LogP contribution in [0.25, 0.3) is 11.4 Å². The first kappa shape index (κ1) is 20.1. The molecule has 0 atom stereocenters. The number of rotatable bonds is 8. The lowest BCUT2D eigenvalue weighted by Crippen LogP contribution is -2.23. The minimum Gasteiger partial charge on any atom is -0.312 e. The molecule has 1 amide bonds. The molecule has 1 fully saturated rings. The first-order valence-electron chi connectivity index (χ1n) is 9.83. The number of carbonyl (C=O) groups excluding carboxylic acids is 2. The quantitative estimate of drug-likeness (QED) is 0.311. The molecular weight excluding hydrogens is 396 g/mol. The first-order chi connectivity index (χ1) is 14.7. The van der Waals surface area contributed by atoms with Crippen LogP contribution in [0.5, 0.6) is 0 Å². The van der Waals surface area contributed by atoms with Gasteiger partial charge in [-0.15, -0.1) is 16.8 Å². The summed E-state index contributed by atoms with van der Waals surface area (Å²) in [5, 5.41) is 9.28. The number of benzene rings is 2. The number of hydrogen-bond donors (Lipinski definition) is 0. The monoisotopic (exact) mass is 418 g/mol. The van der Waals surface area contributed by atoms with Crippen LogP contribution < -0.4 is 4.90 Å². The molecule has 1 aromatic heterocycles. The largest absolute Gasteiger partial charge is 0.312 e. The Morgan fingerprint density at radius 2 is 1.87 bits per heavy atom. The molecular formula is C23H22N4O2S. The fourth-order valence-corrected chi connectivity index (χ4v) is 4.29. The third kappa shape index (κ3) is 4.21. The molecule has 0 radical (unpaired) electrons. The highest BCUT2D eigenvalue weighted by Gasteiger charge is 2.22. The van der Waals surface area contributed by atoms with E-state index in [0.717, 1.165) is 30.0 Å². The van der Waals surface area contributed by atoms with Crippen LogP contribution in [0.15, 0.2) is 72.4 Å². The average Bonchev–Trinajstić information content (AvgIpc) is 3.39. The van der Waals surface area contributed by atoms with Gasteiger partial charge in [0, 0.05) is 36.3 Å². The maximum absolute atomic E-state index is 12.7. The molecule has 1 aliphatic heterocycles. The van der Waals surface area contributed by atoms with Gasteiger partial charge in [0.25, 0.3) is 0 Å². The predicted octanol–water partition coefficient (Wildman–Crippen LogP) is 4.23. The summed E-state index contributed by atoms with van der Waals surface area (Å²) in [6.07, 6.45) is 3.26. The molecule has 1 saturated heterocycles. The van der Waals surface area contributed by atoms with Crippen LogP contribution in [0.1, 0.15) is 23.2 Å². The fraction of sp³-hybridized carbons (Fsp3) is 0.217. The molecule has 152 valence electrons. The summed E-state index contributed by atoms with van der Waals surface area (Å²) in [7, 11) is 0. The van der Waals surface area contributed by atoms with E-state index in [1.165, 1.54) is 11.8 Å². The molecule has 4 rings (SSSR count). The zero-order chi connectivity index (χ0) is 20.9. The van der Waals surface area contributed by atoms with Crippen molar-refractivity contribution in [2.45, 2.75) is 24.5 Å². The maximum Gasteiger partial charge on any atom is 0.227 e. The van der Waals surface area contributed by atoms with Crippen LogP contribution in [-0.4, -0.2) is 38.8 Å². The highest BCUT2D eigenvalue weighted by molar-refractivity contribution is 7.99. The summed E-state index contributed by atoms with van der Waals surface area (Å²) in [6.45, 7) is 5.12. The summed E-state index contributed by atoms with van der Waals surface area (Å²) in [4.78, 5) is 26.3. The summed E-state index contributed by atoms with van der Waals surface area (Å²) in [5.74, 6) is 1.16. The molecule has 2 aromatic carbocycles. The Kier molecular flexibility index (Phi) is 6.09. The standard InChI is InChI=1S/C23H22N4O2S/c1-2-14-27-22(18-7-4-3-5-8-18)24-25-23(27)30-16-20(28)17-10-12-19(13-11-17)26-15-6-9-21(26)29/h2-5,7-8,10-13H,1,6,9,14-16H2. The Balaban J connectivity index is 1.45. The van der Waals surface area contributed by atoms with Crippen molar-refractivity contribution in [2.75, 3.05) is 17.2 Å². The number of amides is 1. The second-order valence-corrected chi connectivity index (χ2v) is 7.92. The number of thioether (sulfide) groups is 1. The van der Waals surface area contributed by atoms with Gasteiger partial charge in [0.15, 0.2) is 16.8 Å². The SMILES string of the molecule is C=CCn1c(SCC(=O)c2ccc(N3CCCC3=O)cc2)nnc1-c1ccccc1. The molecule has 1 aliphatic rings. The minimum atomic E-state index is 0.00807. The van der Waals surface area contributed by atoms with Gasteiger partial charge in [-0.05, 0) is 30.7 Å².